The van der Waals surface area contributed by atoms with Crippen molar-refractivity contribution in [2.45, 2.75) is 13.5 Å². The van der Waals surface area contributed by atoms with Crippen LogP contribution in [0.1, 0.15) is 22.8 Å². The van der Waals surface area contributed by atoms with E-state index in [2.05, 4.69) is 4.98 Å². The number of carbonyl (C=O) groups excluding carboxylic acids is 2. The molecule has 0 aliphatic carbocycles. The topological polar surface area (TPSA) is 124 Å². The third-order valence-electron chi connectivity index (χ3n) is 5.15. The van der Waals surface area contributed by atoms with Crippen molar-refractivity contribution in [1.82, 2.24) is 14.8 Å². The lowest BCUT2D eigenvalue weighted by Crippen LogP contribution is -2.38. The average molecular weight is 541 g/mol. The largest absolute Gasteiger partial charge is 0.457 e. The van der Waals surface area contributed by atoms with E-state index in [1.54, 1.807) is 48.2 Å². The smallest absolute Gasteiger partial charge is 0.418 e. The van der Waals surface area contributed by atoms with Crippen molar-refractivity contribution in [2.24, 2.45) is 0 Å². The Hall–Kier alpha value is -4.64. The highest BCUT2D eigenvalue weighted by Gasteiger charge is 2.24. The summed E-state index contributed by atoms with van der Waals surface area (Å²) in [5.74, 6) is 0.424. The van der Waals surface area contributed by atoms with Crippen LogP contribution < -0.4 is 4.74 Å². The molecule has 0 atom stereocenters. The second-order valence-electron chi connectivity index (χ2n) is 7.73. The molecule has 0 aliphatic rings. The van der Waals surface area contributed by atoms with Gasteiger partial charge in [-0.25, -0.2) is 14.6 Å². The molecular formula is C26H25ClN4O7. The van der Waals surface area contributed by atoms with E-state index in [1.165, 1.54) is 25.4 Å². The summed E-state index contributed by atoms with van der Waals surface area (Å²) in [7, 11) is 1.31. The molecule has 0 saturated carbocycles. The summed E-state index contributed by atoms with van der Waals surface area (Å²) in [4.78, 5) is 42.1. The van der Waals surface area contributed by atoms with Crippen LogP contribution in [-0.4, -0.2) is 52.2 Å². The first kappa shape index (κ1) is 27.9. The number of amides is 1. The van der Waals surface area contributed by atoms with Crippen LogP contribution in [0.4, 0.5) is 4.79 Å². The van der Waals surface area contributed by atoms with E-state index in [1.807, 2.05) is 18.2 Å². The van der Waals surface area contributed by atoms with E-state index < -0.39 is 23.8 Å². The minimum atomic E-state index is -0.954. The molecule has 0 bridgehead atoms. The van der Waals surface area contributed by atoms with Gasteiger partial charge in [0, 0.05) is 26.3 Å². The highest BCUT2D eigenvalue weighted by molar-refractivity contribution is 6.29. The Morgan fingerprint density at radius 3 is 2.32 bits per heavy atom. The molecule has 0 spiro atoms. The van der Waals surface area contributed by atoms with Crippen LogP contribution in [0.15, 0.2) is 84.9 Å². The van der Waals surface area contributed by atoms with Crippen LogP contribution in [-0.2, 0) is 16.0 Å². The van der Waals surface area contributed by atoms with Gasteiger partial charge in [-0.1, -0.05) is 35.9 Å². The molecule has 1 amide bonds. The number of pyridine rings is 1. The zero-order valence-electron chi connectivity index (χ0n) is 20.7. The van der Waals surface area contributed by atoms with Crippen molar-refractivity contribution < 1.29 is 28.7 Å². The summed E-state index contributed by atoms with van der Waals surface area (Å²) in [6, 6.07) is 18.7. The normalized spacial score (nSPS) is 10.9. The van der Waals surface area contributed by atoms with Crippen LogP contribution in [0.5, 0.6) is 11.5 Å². The van der Waals surface area contributed by atoms with E-state index in [0.29, 0.717) is 29.4 Å². The molecular weight excluding hydrogens is 516 g/mol. The lowest BCUT2D eigenvalue weighted by atomic mass is 10.2. The van der Waals surface area contributed by atoms with E-state index in [0.717, 1.165) is 10.5 Å². The molecule has 3 rings (SSSR count). The van der Waals surface area contributed by atoms with Crippen molar-refractivity contribution >= 4 is 23.7 Å². The number of aromatic nitrogens is 1. The fourth-order valence-electron chi connectivity index (χ4n) is 3.24. The van der Waals surface area contributed by atoms with Crippen LogP contribution in [0.2, 0.25) is 5.15 Å². The Bertz CT molecular complexity index is 1270. The number of benzene rings is 2. The molecule has 0 radical (unpaired) electrons. The number of para-hydroxylation sites is 1. The molecule has 2 aromatic carbocycles. The zero-order chi connectivity index (χ0) is 27.5. The maximum Gasteiger partial charge on any atom is 0.418 e. The molecule has 0 unspecified atom stereocenters. The summed E-state index contributed by atoms with van der Waals surface area (Å²) in [6.07, 6.45) is 1.27. The lowest BCUT2D eigenvalue weighted by Gasteiger charge is -2.29. The van der Waals surface area contributed by atoms with Gasteiger partial charge in [0.05, 0.1) is 10.5 Å². The molecule has 12 heteroatoms. The van der Waals surface area contributed by atoms with E-state index in [4.69, 9.17) is 25.8 Å². The fraction of sp³-hybridized carbons (Fsp3) is 0.192. The van der Waals surface area contributed by atoms with Gasteiger partial charge in [0.1, 0.15) is 16.7 Å². The predicted octanol–water partition coefficient (Wildman–Crippen LogP) is 5.31. The highest BCUT2D eigenvalue weighted by atomic mass is 35.5. The van der Waals surface area contributed by atoms with Crippen LogP contribution >= 0.6 is 11.6 Å². The average Bonchev–Trinajstić information content (AvgIpc) is 2.92. The van der Waals surface area contributed by atoms with Crippen molar-refractivity contribution in [1.29, 1.82) is 0 Å². The van der Waals surface area contributed by atoms with Gasteiger partial charge in [-0.2, -0.15) is 0 Å². The number of halogens is 1. The minimum absolute atomic E-state index is 0.0298. The van der Waals surface area contributed by atoms with Crippen molar-refractivity contribution in [2.75, 3.05) is 20.4 Å². The van der Waals surface area contributed by atoms with Gasteiger partial charge < -0.3 is 19.1 Å². The maximum atomic E-state index is 12.6. The maximum absolute atomic E-state index is 12.6. The molecule has 198 valence electrons. The number of hydrogen-bond acceptors (Lipinski definition) is 9. The van der Waals surface area contributed by atoms with Gasteiger partial charge in [0.25, 0.3) is 6.20 Å². The summed E-state index contributed by atoms with van der Waals surface area (Å²) in [5, 5.41) is 11.6. The molecule has 0 aliphatic heterocycles. The minimum Gasteiger partial charge on any atom is -0.457 e. The van der Waals surface area contributed by atoms with Crippen molar-refractivity contribution in [3.8, 4) is 11.5 Å². The second-order valence-corrected chi connectivity index (χ2v) is 8.12. The molecule has 1 heterocycles. The third kappa shape index (κ3) is 8.20. The number of nitro groups is 1. The van der Waals surface area contributed by atoms with Gasteiger partial charge in [-0.15, -0.1) is 0 Å². The zero-order valence-corrected chi connectivity index (χ0v) is 21.4. The van der Waals surface area contributed by atoms with Crippen molar-refractivity contribution in [3.05, 3.63) is 111 Å². The third-order valence-corrected chi connectivity index (χ3v) is 5.37. The van der Waals surface area contributed by atoms with E-state index >= 15 is 0 Å². The Labute approximate surface area is 223 Å². The van der Waals surface area contributed by atoms with Crippen molar-refractivity contribution in [3.63, 3.8) is 0 Å². The summed E-state index contributed by atoms with van der Waals surface area (Å²) < 4.78 is 15.7. The SMILES string of the molecule is CCN(Cc1ccc(Cl)nc1)/C(=C\[N+](=O)[O-])N(C)C(=O)OCOC(=O)c1ccc(Oc2ccccc2)cc1. The quantitative estimate of drug-likeness (QED) is 0.105. The molecule has 3 aromatic rings. The Morgan fingerprint density at radius 1 is 1.03 bits per heavy atom. The molecule has 1 aromatic heterocycles. The first-order valence-electron chi connectivity index (χ1n) is 11.4. The number of ether oxygens (including phenoxy) is 3. The first-order valence-corrected chi connectivity index (χ1v) is 11.8. The van der Waals surface area contributed by atoms with E-state index in [9.17, 15) is 19.7 Å². The lowest BCUT2D eigenvalue weighted by molar-refractivity contribution is -0.405. The summed E-state index contributed by atoms with van der Waals surface area (Å²) in [6.45, 7) is 1.63. The number of esters is 1. The van der Waals surface area contributed by atoms with E-state index in [-0.39, 0.29) is 17.9 Å². The fourth-order valence-corrected chi connectivity index (χ4v) is 3.35. The molecule has 38 heavy (non-hydrogen) atoms. The number of hydrogen-bond donors (Lipinski definition) is 0. The summed E-state index contributed by atoms with van der Waals surface area (Å²) in [5.41, 5.74) is 0.943. The Kier molecular flexibility index (Phi) is 10.0. The predicted molar refractivity (Wildman–Crippen MR) is 138 cm³/mol. The second kappa shape index (κ2) is 13.6. The van der Waals surface area contributed by atoms with Gasteiger partial charge in [-0.3, -0.25) is 15.0 Å². The highest BCUT2D eigenvalue weighted by Crippen LogP contribution is 2.21. The van der Waals surface area contributed by atoms with Crippen LogP contribution in [0.3, 0.4) is 0 Å². The summed E-state index contributed by atoms with van der Waals surface area (Å²) >= 11 is 5.82. The Morgan fingerprint density at radius 2 is 1.71 bits per heavy atom. The standard InChI is InChI=1S/C26H25ClN4O7/c1-3-30(16-19-9-14-23(27)28-15-19)24(17-31(34)35)29(2)26(33)37-18-36-25(32)20-10-12-22(13-11-20)38-21-7-5-4-6-8-21/h4-15,17H,3,16,18H2,1-2H3/b24-17-. The Balaban J connectivity index is 1.56. The van der Waals surface area contributed by atoms with Gasteiger partial charge in [-0.05, 0) is 55.0 Å². The molecule has 0 N–H and O–H groups in total. The number of nitrogens with zero attached hydrogens (tertiary/aromatic N) is 4. The molecule has 0 saturated heterocycles. The molecule has 0 fully saturated rings. The van der Waals surface area contributed by atoms with Gasteiger partial charge in [0.2, 0.25) is 6.79 Å². The van der Waals surface area contributed by atoms with Gasteiger partial charge in [0.15, 0.2) is 5.82 Å². The molecule has 11 nitrogen and oxygen atoms in total. The van der Waals surface area contributed by atoms with Crippen LogP contribution in [0.25, 0.3) is 0 Å². The van der Waals surface area contributed by atoms with Crippen LogP contribution in [0, 0.1) is 10.1 Å². The van der Waals surface area contributed by atoms with Gasteiger partial charge >= 0.3 is 12.1 Å². The number of rotatable bonds is 11. The number of carbonyl (C=O) groups is 2. The monoisotopic (exact) mass is 540 g/mol. The first-order chi connectivity index (χ1) is 18.3.